The molecule has 0 aromatic rings. The van der Waals surface area contributed by atoms with Crippen molar-refractivity contribution in [2.75, 3.05) is 13.2 Å². The van der Waals surface area contributed by atoms with Crippen LogP contribution in [0.2, 0.25) is 0 Å². The van der Waals surface area contributed by atoms with E-state index in [1.165, 1.54) is 19.3 Å². The van der Waals surface area contributed by atoms with Crippen LogP contribution in [0.3, 0.4) is 0 Å². The van der Waals surface area contributed by atoms with Crippen LogP contribution < -0.4 is 0 Å². The molecule has 0 spiro atoms. The topological polar surface area (TPSA) is 29.5 Å². The van der Waals surface area contributed by atoms with Gasteiger partial charge in [0.1, 0.15) is 0 Å². The SMILES string of the molecule is C[C@@H]1CO[C@@H]2CCC[C@@H](CO)[C@@H]12. The molecular weight excluding hydrogens is 152 g/mol. The van der Waals surface area contributed by atoms with E-state index in [9.17, 15) is 5.11 Å². The molecule has 0 radical (unpaired) electrons. The summed E-state index contributed by atoms with van der Waals surface area (Å²) in [5.74, 6) is 1.82. The van der Waals surface area contributed by atoms with Crippen LogP contribution in [-0.4, -0.2) is 24.4 Å². The molecule has 2 fully saturated rings. The maximum Gasteiger partial charge on any atom is 0.0610 e. The molecule has 1 saturated heterocycles. The molecule has 2 heteroatoms. The molecule has 12 heavy (non-hydrogen) atoms. The fraction of sp³-hybridized carbons (Fsp3) is 1.00. The van der Waals surface area contributed by atoms with Crippen LogP contribution >= 0.6 is 0 Å². The van der Waals surface area contributed by atoms with Gasteiger partial charge in [0.25, 0.3) is 0 Å². The molecule has 0 amide bonds. The van der Waals surface area contributed by atoms with Gasteiger partial charge in [-0.3, -0.25) is 0 Å². The third-order valence-corrected chi connectivity index (χ3v) is 3.50. The van der Waals surface area contributed by atoms with E-state index in [0.717, 1.165) is 6.61 Å². The Hall–Kier alpha value is -0.0800. The Balaban J connectivity index is 2.07. The van der Waals surface area contributed by atoms with Crippen molar-refractivity contribution in [2.24, 2.45) is 17.8 Å². The highest BCUT2D eigenvalue weighted by atomic mass is 16.5. The summed E-state index contributed by atoms with van der Waals surface area (Å²) in [5, 5.41) is 9.20. The fourth-order valence-corrected chi connectivity index (χ4v) is 2.89. The van der Waals surface area contributed by atoms with Gasteiger partial charge in [-0.25, -0.2) is 0 Å². The van der Waals surface area contributed by atoms with Crippen LogP contribution in [0.4, 0.5) is 0 Å². The summed E-state index contributed by atoms with van der Waals surface area (Å²) < 4.78 is 5.69. The second-order valence-electron chi connectivity index (χ2n) is 4.30. The second kappa shape index (κ2) is 3.35. The minimum absolute atomic E-state index is 0.356. The molecule has 1 saturated carbocycles. The van der Waals surface area contributed by atoms with Crippen molar-refractivity contribution in [3.8, 4) is 0 Å². The zero-order chi connectivity index (χ0) is 8.55. The van der Waals surface area contributed by atoms with Crippen LogP contribution in [0, 0.1) is 17.8 Å². The Bertz CT molecular complexity index is 156. The molecule has 1 aliphatic heterocycles. The Morgan fingerprint density at radius 1 is 1.42 bits per heavy atom. The van der Waals surface area contributed by atoms with Gasteiger partial charge in [0.05, 0.1) is 6.10 Å². The number of ether oxygens (including phenoxy) is 1. The maximum absolute atomic E-state index is 9.20. The third kappa shape index (κ3) is 1.27. The van der Waals surface area contributed by atoms with E-state index in [-0.39, 0.29) is 0 Å². The first-order chi connectivity index (χ1) is 5.83. The van der Waals surface area contributed by atoms with Crippen molar-refractivity contribution in [3.63, 3.8) is 0 Å². The predicted octanol–water partition coefficient (Wildman–Crippen LogP) is 1.43. The minimum atomic E-state index is 0.356. The van der Waals surface area contributed by atoms with E-state index < -0.39 is 0 Å². The summed E-state index contributed by atoms with van der Waals surface area (Å²) in [6, 6.07) is 0. The summed E-state index contributed by atoms with van der Waals surface area (Å²) in [4.78, 5) is 0. The number of fused-ring (bicyclic) bond motifs is 1. The van der Waals surface area contributed by atoms with Crippen molar-refractivity contribution in [3.05, 3.63) is 0 Å². The molecule has 0 aromatic carbocycles. The highest BCUT2D eigenvalue weighted by molar-refractivity contribution is 4.89. The second-order valence-corrected chi connectivity index (χ2v) is 4.30. The number of aliphatic hydroxyl groups is 1. The Morgan fingerprint density at radius 2 is 2.25 bits per heavy atom. The maximum atomic E-state index is 9.20. The van der Waals surface area contributed by atoms with Crippen LogP contribution in [-0.2, 0) is 4.74 Å². The third-order valence-electron chi connectivity index (χ3n) is 3.50. The summed E-state index contributed by atoms with van der Waals surface area (Å²) >= 11 is 0. The molecule has 1 heterocycles. The minimum Gasteiger partial charge on any atom is -0.396 e. The van der Waals surface area contributed by atoms with E-state index in [0.29, 0.717) is 30.5 Å². The average Bonchev–Trinajstić information content (AvgIpc) is 2.48. The molecule has 2 nitrogen and oxygen atoms in total. The zero-order valence-electron chi connectivity index (χ0n) is 7.70. The van der Waals surface area contributed by atoms with Gasteiger partial charge in [-0.1, -0.05) is 13.3 Å². The molecule has 1 N–H and O–H groups in total. The van der Waals surface area contributed by atoms with E-state index >= 15 is 0 Å². The van der Waals surface area contributed by atoms with Crippen LogP contribution in [0.15, 0.2) is 0 Å². The van der Waals surface area contributed by atoms with Gasteiger partial charge in [0, 0.05) is 13.2 Å². The van der Waals surface area contributed by atoms with Gasteiger partial charge >= 0.3 is 0 Å². The molecule has 2 aliphatic rings. The fourth-order valence-electron chi connectivity index (χ4n) is 2.89. The molecule has 70 valence electrons. The Morgan fingerprint density at radius 3 is 3.00 bits per heavy atom. The number of rotatable bonds is 1. The summed E-state index contributed by atoms with van der Waals surface area (Å²) in [5.41, 5.74) is 0. The lowest BCUT2D eigenvalue weighted by Gasteiger charge is -2.33. The summed E-state index contributed by atoms with van der Waals surface area (Å²) in [6.45, 7) is 3.51. The van der Waals surface area contributed by atoms with E-state index in [4.69, 9.17) is 4.74 Å². The Kier molecular flexibility index (Phi) is 2.37. The molecule has 0 aromatic heterocycles. The van der Waals surface area contributed by atoms with Crippen molar-refractivity contribution in [2.45, 2.75) is 32.3 Å². The molecule has 0 bridgehead atoms. The van der Waals surface area contributed by atoms with Crippen molar-refractivity contribution >= 4 is 0 Å². The lowest BCUT2D eigenvalue weighted by Crippen LogP contribution is -2.33. The summed E-state index contributed by atoms with van der Waals surface area (Å²) in [6.07, 6.45) is 4.11. The smallest absolute Gasteiger partial charge is 0.0610 e. The first-order valence-electron chi connectivity index (χ1n) is 5.05. The van der Waals surface area contributed by atoms with Crippen LogP contribution in [0.1, 0.15) is 26.2 Å². The van der Waals surface area contributed by atoms with Gasteiger partial charge in [-0.05, 0) is 30.6 Å². The first kappa shape index (κ1) is 8.52. The highest BCUT2D eigenvalue weighted by Crippen LogP contribution is 2.41. The van der Waals surface area contributed by atoms with Crippen molar-refractivity contribution in [1.82, 2.24) is 0 Å². The van der Waals surface area contributed by atoms with E-state index in [1.54, 1.807) is 0 Å². The molecule has 1 aliphatic carbocycles. The van der Waals surface area contributed by atoms with Gasteiger partial charge in [-0.15, -0.1) is 0 Å². The van der Waals surface area contributed by atoms with Crippen molar-refractivity contribution in [1.29, 1.82) is 0 Å². The standard InChI is InChI=1S/C10H18O2/c1-7-6-12-9-4-2-3-8(5-11)10(7)9/h7-11H,2-6H2,1H3/t7-,8+,9-,10-/m1/s1. The highest BCUT2D eigenvalue weighted by Gasteiger charge is 2.41. The van der Waals surface area contributed by atoms with Gasteiger partial charge < -0.3 is 9.84 Å². The van der Waals surface area contributed by atoms with E-state index in [2.05, 4.69) is 6.92 Å². The van der Waals surface area contributed by atoms with Crippen LogP contribution in [0.25, 0.3) is 0 Å². The van der Waals surface area contributed by atoms with Crippen LogP contribution in [0.5, 0.6) is 0 Å². The number of hydrogen-bond acceptors (Lipinski definition) is 2. The lowest BCUT2D eigenvalue weighted by molar-refractivity contribution is 0.0256. The Labute approximate surface area is 73.9 Å². The van der Waals surface area contributed by atoms with E-state index in [1.807, 2.05) is 0 Å². The lowest BCUT2D eigenvalue weighted by atomic mass is 9.73. The van der Waals surface area contributed by atoms with Crippen molar-refractivity contribution < 1.29 is 9.84 Å². The molecule has 4 atom stereocenters. The normalized spacial score (nSPS) is 47.5. The summed E-state index contributed by atoms with van der Waals surface area (Å²) in [7, 11) is 0. The largest absolute Gasteiger partial charge is 0.396 e. The van der Waals surface area contributed by atoms with Gasteiger partial charge in [0.2, 0.25) is 0 Å². The monoisotopic (exact) mass is 170 g/mol. The predicted molar refractivity (Wildman–Crippen MR) is 46.8 cm³/mol. The quantitative estimate of drug-likeness (QED) is 0.645. The zero-order valence-corrected chi connectivity index (χ0v) is 7.70. The van der Waals surface area contributed by atoms with Gasteiger partial charge in [0.15, 0.2) is 0 Å². The number of hydrogen-bond donors (Lipinski definition) is 1. The number of aliphatic hydroxyl groups excluding tert-OH is 1. The molecule has 0 unspecified atom stereocenters. The first-order valence-corrected chi connectivity index (χ1v) is 5.05. The molecule has 2 rings (SSSR count). The molecular formula is C10H18O2. The van der Waals surface area contributed by atoms with Gasteiger partial charge in [-0.2, -0.15) is 0 Å². The average molecular weight is 170 g/mol.